The molecule has 3 rings (SSSR count). The Hall–Kier alpha value is -2.12. The number of hydrogen-bond acceptors (Lipinski definition) is 0. The van der Waals surface area contributed by atoms with E-state index in [-0.39, 0.29) is 16.2 Å². The van der Waals surface area contributed by atoms with E-state index in [1.165, 1.54) is 32.3 Å². The van der Waals surface area contributed by atoms with Gasteiger partial charge >= 0.3 is 0 Å². The highest BCUT2D eigenvalue weighted by Gasteiger charge is 2.23. The Bertz CT molecular complexity index is 850. The van der Waals surface area contributed by atoms with Crippen molar-refractivity contribution in [1.29, 1.82) is 0 Å². The highest BCUT2D eigenvalue weighted by atomic mass is 28.3. The maximum Gasteiger partial charge on any atom is 0.154 e. The molecule has 0 nitrogen and oxygen atoms in total. The van der Waals surface area contributed by atoms with Crippen LogP contribution in [0.25, 0.3) is 0 Å². The third-order valence-corrected chi connectivity index (χ3v) is 8.85. The summed E-state index contributed by atoms with van der Waals surface area (Å²) < 4.78 is 0. The smallest absolute Gasteiger partial charge is 0.0621 e. The molecule has 0 aliphatic rings. The summed E-state index contributed by atoms with van der Waals surface area (Å²) >= 11 is 0. The Morgan fingerprint density at radius 1 is 0.355 bits per heavy atom. The van der Waals surface area contributed by atoms with Crippen molar-refractivity contribution in [2.24, 2.45) is 0 Å². The third kappa shape index (κ3) is 5.57. The second-order valence-corrected chi connectivity index (χ2v) is 14.3. The molecule has 0 heterocycles. The molecule has 0 bridgehead atoms. The molecule has 0 aliphatic heterocycles. The van der Waals surface area contributed by atoms with Crippen molar-refractivity contribution in [3.8, 4) is 0 Å². The molecular weight excluding hydrogens is 388 g/mol. The molecular formula is C30H39Si. The Morgan fingerprint density at radius 2 is 0.548 bits per heavy atom. The van der Waals surface area contributed by atoms with E-state index in [1.54, 1.807) is 0 Å². The van der Waals surface area contributed by atoms with Crippen molar-refractivity contribution in [3.05, 3.63) is 89.5 Å². The summed E-state index contributed by atoms with van der Waals surface area (Å²) in [4.78, 5) is 0. The molecule has 0 aliphatic carbocycles. The Balaban J connectivity index is 2.08. The third-order valence-electron chi connectivity index (χ3n) is 6.12. The maximum atomic E-state index is 2.37. The number of hydrogen-bond donors (Lipinski definition) is 0. The summed E-state index contributed by atoms with van der Waals surface area (Å²) in [6.45, 7) is 20.5. The van der Waals surface area contributed by atoms with Crippen LogP contribution in [0.5, 0.6) is 0 Å². The largest absolute Gasteiger partial charge is 0.154 e. The molecule has 1 radical (unpaired) electrons. The zero-order valence-electron chi connectivity index (χ0n) is 20.9. The average Bonchev–Trinajstić information content (AvgIpc) is 2.67. The quantitative estimate of drug-likeness (QED) is 0.350. The fourth-order valence-corrected chi connectivity index (χ4v) is 6.41. The summed E-state index contributed by atoms with van der Waals surface area (Å²) in [5.41, 5.74) is 4.70. The van der Waals surface area contributed by atoms with Crippen molar-refractivity contribution in [2.45, 2.75) is 78.6 Å². The van der Waals surface area contributed by atoms with Crippen LogP contribution < -0.4 is 15.6 Å². The SMILES string of the molecule is CC(C)(C)c1ccc([Si](c2ccc(C(C)(C)C)cc2)c2ccc(C(C)(C)C)cc2)cc1. The normalized spacial score (nSPS) is 13.0. The summed E-state index contributed by atoms with van der Waals surface area (Å²) in [7, 11) is -1.06. The maximum absolute atomic E-state index is 2.37. The van der Waals surface area contributed by atoms with Gasteiger partial charge in [-0.2, -0.15) is 0 Å². The first-order valence-electron chi connectivity index (χ1n) is 11.5. The molecule has 0 N–H and O–H groups in total. The Labute approximate surface area is 192 Å². The van der Waals surface area contributed by atoms with E-state index in [1.807, 2.05) is 0 Å². The van der Waals surface area contributed by atoms with E-state index in [0.717, 1.165) is 0 Å². The molecule has 0 amide bonds. The van der Waals surface area contributed by atoms with Gasteiger partial charge in [0.2, 0.25) is 0 Å². The molecule has 0 saturated heterocycles. The van der Waals surface area contributed by atoms with Crippen LogP contribution in [-0.4, -0.2) is 8.80 Å². The highest BCUT2D eigenvalue weighted by molar-refractivity contribution is 6.95. The van der Waals surface area contributed by atoms with Gasteiger partial charge in [-0.1, -0.05) is 151 Å². The number of rotatable bonds is 3. The second kappa shape index (κ2) is 8.43. The summed E-state index contributed by atoms with van der Waals surface area (Å²) in [6, 6.07) is 28.2. The van der Waals surface area contributed by atoms with Crippen LogP contribution in [0.2, 0.25) is 0 Å². The lowest BCUT2D eigenvalue weighted by molar-refractivity contribution is 0.590. The summed E-state index contributed by atoms with van der Waals surface area (Å²) in [6.07, 6.45) is 0. The standard InChI is InChI=1S/C30H39Si/c1-28(2,3)22-10-16-25(17-11-22)31(26-18-12-23(13-19-26)29(4,5)6)27-20-14-24(15-21-27)30(7,8)9/h10-21H,1-9H3. The van der Waals surface area contributed by atoms with Crippen LogP contribution in [0.3, 0.4) is 0 Å². The van der Waals surface area contributed by atoms with Gasteiger partial charge < -0.3 is 0 Å². The Morgan fingerprint density at radius 3 is 0.710 bits per heavy atom. The minimum atomic E-state index is -1.06. The molecule has 163 valence electrons. The summed E-state index contributed by atoms with van der Waals surface area (Å²) in [5.74, 6) is 0. The number of benzene rings is 3. The molecule has 0 fully saturated rings. The van der Waals surface area contributed by atoms with E-state index in [0.29, 0.717) is 0 Å². The molecule has 3 aromatic carbocycles. The van der Waals surface area contributed by atoms with Crippen molar-refractivity contribution in [3.63, 3.8) is 0 Å². The van der Waals surface area contributed by atoms with Gasteiger partial charge in [-0.25, -0.2) is 0 Å². The van der Waals surface area contributed by atoms with E-state index in [2.05, 4.69) is 135 Å². The van der Waals surface area contributed by atoms with Gasteiger partial charge in [0.1, 0.15) is 0 Å². The molecule has 0 unspecified atom stereocenters. The van der Waals surface area contributed by atoms with Crippen molar-refractivity contribution >= 4 is 24.4 Å². The van der Waals surface area contributed by atoms with E-state index in [4.69, 9.17) is 0 Å². The predicted molar refractivity (Wildman–Crippen MR) is 140 cm³/mol. The minimum Gasteiger partial charge on any atom is -0.0621 e. The van der Waals surface area contributed by atoms with Crippen LogP contribution in [0, 0.1) is 0 Å². The lowest BCUT2D eigenvalue weighted by Gasteiger charge is -2.24. The lowest BCUT2D eigenvalue weighted by Crippen LogP contribution is -2.52. The highest BCUT2D eigenvalue weighted by Crippen LogP contribution is 2.23. The lowest BCUT2D eigenvalue weighted by atomic mass is 9.87. The fourth-order valence-electron chi connectivity index (χ4n) is 3.91. The van der Waals surface area contributed by atoms with Crippen molar-refractivity contribution in [1.82, 2.24) is 0 Å². The molecule has 0 atom stereocenters. The first-order chi connectivity index (χ1) is 14.3. The summed E-state index contributed by atoms with van der Waals surface area (Å²) in [5, 5.41) is 4.35. The topological polar surface area (TPSA) is 0 Å². The Kier molecular flexibility index (Phi) is 6.40. The molecule has 31 heavy (non-hydrogen) atoms. The molecule has 3 aromatic rings. The van der Waals surface area contributed by atoms with Gasteiger partial charge in [0.15, 0.2) is 8.80 Å². The van der Waals surface area contributed by atoms with Crippen LogP contribution in [0.15, 0.2) is 72.8 Å². The molecule has 0 saturated carbocycles. The predicted octanol–water partition coefficient (Wildman–Crippen LogP) is 6.10. The fraction of sp³-hybridized carbons (Fsp3) is 0.400. The van der Waals surface area contributed by atoms with Gasteiger partial charge in [0.05, 0.1) is 0 Å². The van der Waals surface area contributed by atoms with E-state index in [9.17, 15) is 0 Å². The van der Waals surface area contributed by atoms with Gasteiger partial charge in [-0.15, -0.1) is 0 Å². The van der Waals surface area contributed by atoms with Crippen LogP contribution in [0.1, 0.15) is 79.0 Å². The van der Waals surface area contributed by atoms with E-state index < -0.39 is 8.80 Å². The molecule has 0 spiro atoms. The van der Waals surface area contributed by atoms with Gasteiger partial charge in [-0.3, -0.25) is 0 Å². The van der Waals surface area contributed by atoms with Crippen LogP contribution in [0.4, 0.5) is 0 Å². The van der Waals surface area contributed by atoms with Crippen LogP contribution >= 0.6 is 0 Å². The first kappa shape index (κ1) is 23.5. The molecule has 0 aromatic heterocycles. The second-order valence-electron chi connectivity index (χ2n) is 11.9. The first-order valence-corrected chi connectivity index (χ1v) is 13.0. The van der Waals surface area contributed by atoms with Crippen molar-refractivity contribution in [2.75, 3.05) is 0 Å². The van der Waals surface area contributed by atoms with E-state index >= 15 is 0 Å². The monoisotopic (exact) mass is 427 g/mol. The van der Waals surface area contributed by atoms with Gasteiger partial charge in [0, 0.05) is 0 Å². The zero-order valence-corrected chi connectivity index (χ0v) is 21.9. The van der Waals surface area contributed by atoms with Crippen molar-refractivity contribution < 1.29 is 0 Å². The van der Waals surface area contributed by atoms with Gasteiger partial charge in [0.25, 0.3) is 0 Å². The zero-order chi connectivity index (χ0) is 23.0. The van der Waals surface area contributed by atoms with Gasteiger partial charge in [-0.05, 0) is 32.9 Å². The average molecular weight is 428 g/mol. The minimum absolute atomic E-state index is 0.175. The van der Waals surface area contributed by atoms with Crippen LogP contribution in [-0.2, 0) is 16.2 Å². The molecule has 1 heteroatoms.